The van der Waals surface area contributed by atoms with E-state index in [-0.39, 0.29) is 34.2 Å². The minimum Gasteiger partial charge on any atom is -0.497 e. The van der Waals surface area contributed by atoms with Gasteiger partial charge in [-0.1, -0.05) is 0 Å². The number of ether oxygens (including phenoxy) is 1. The van der Waals surface area contributed by atoms with E-state index < -0.39 is 15.6 Å². The third-order valence-corrected chi connectivity index (χ3v) is 8.34. The number of rotatable bonds is 6. The van der Waals surface area contributed by atoms with Crippen molar-refractivity contribution in [3.05, 3.63) is 82.3 Å². The van der Waals surface area contributed by atoms with Crippen LogP contribution >= 0.6 is 0 Å². The Labute approximate surface area is 220 Å². The lowest BCUT2D eigenvalue weighted by Crippen LogP contribution is -2.49. The molecule has 5 rings (SSSR count). The SMILES string of the molecule is COc1ccc(C(=O)N2C[C@@H]3C[C@H](C2)c2ccc(NS(=O)(=O)c4ccc(NC(C)=O)cc4)c(=O)n2C3)cc1. The maximum atomic E-state index is 13.3. The van der Waals surface area contributed by atoms with E-state index in [0.717, 1.165) is 12.1 Å². The third kappa shape index (κ3) is 5.01. The van der Waals surface area contributed by atoms with Gasteiger partial charge in [-0.15, -0.1) is 0 Å². The lowest BCUT2D eigenvalue weighted by molar-refractivity contribution is -0.114. The van der Waals surface area contributed by atoms with Gasteiger partial charge in [0.15, 0.2) is 0 Å². The van der Waals surface area contributed by atoms with Crippen LogP contribution in [0, 0.1) is 5.92 Å². The number of aromatic nitrogens is 1. The van der Waals surface area contributed by atoms with Crippen LogP contribution in [-0.4, -0.2) is 49.9 Å². The van der Waals surface area contributed by atoms with E-state index in [1.165, 1.54) is 37.3 Å². The van der Waals surface area contributed by atoms with Crippen LogP contribution in [0.4, 0.5) is 11.4 Å². The number of carbonyl (C=O) groups excluding carboxylic acids is 2. The van der Waals surface area contributed by atoms with Gasteiger partial charge >= 0.3 is 0 Å². The number of benzene rings is 2. The molecular formula is C27H28N4O6S. The van der Waals surface area contributed by atoms with E-state index in [1.54, 1.807) is 42.0 Å². The van der Waals surface area contributed by atoms with E-state index in [4.69, 9.17) is 4.74 Å². The van der Waals surface area contributed by atoms with Crippen molar-refractivity contribution < 1.29 is 22.7 Å². The monoisotopic (exact) mass is 536 g/mol. The molecule has 10 nitrogen and oxygen atoms in total. The minimum absolute atomic E-state index is 0.0237. The largest absolute Gasteiger partial charge is 0.497 e. The maximum absolute atomic E-state index is 13.3. The number of pyridine rings is 1. The molecule has 2 aliphatic rings. The van der Waals surface area contributed by atoms with Gasteiger partial charge in [-0.2, -0.15) is 0 Å². The topological polar surface area (TPSA) is 127 Å². The average molecular weight is 537 g/mol. The van der Waals surface area contributed by atoms with E-state index in [0.29, 0.717) is 36.6 Å². The quantitative estimate of drug-likeness (QED) is 0.499. The molecule has 198 valence electrons. The Morgan fingerprint density at radius 1 is 0.947 bits per heavy atom. The number of anilines is 2. The lowest BCUT2D eigenvalue weighted by atomic mass is 9.83. The standard InChI is InChI=1S/C27H28N4O6S/c1-17(32)28-21-5-9-23(10-6-21)38(35,36)29-24-11-12-25-20-13-18(15-31(25)27(24)34)14-30(16-20)26(33)19-3-7-22(37-2)8-4-19/h3-12,18,20,29H,13-16H2,1-2H3,(H,28,32)/t18-,20+/m0/s1. The molecule has 1 fully saturated rings. The smallest absolute Gasteiger partial charge is 0.275 e. The van der Waals surface area contributed by atoms with E-state index in [1.807, 2.05) is 4.90 Å². The Bertz CT molecular complexity index is 1550. The second-order valence-corrected chi connectivity index (χ2v) is 11.3. The Hall–Kier alpha value is -4.12. The summed E-state index contributed by atoms with van der Waals surface area (Å²) in [5.74, 6) is 0.406. The van der Waals surface area contributed by atoms with Crippen molar-refractivity contribution in [3.63, 3.8) is 0 Å². The summed E-state index contributed by atoms with van der Waals surface area (Å²) in [4.78, 5) is 39.5. The Morgan fingerprint density at radius 2 is 1.66 bits per heavy atom. The van der Waals surface area contributed by atoms with Crippen LogP contribution in [0.1, 0.15) is 35.3 Å². The van der Waals surface area contributed by atoms with Gasteiger partial charge in [-0.05, 0) is 73.0 Å². The fourth-order valence-electron chi connectivity index (χ4n) is 5.23. The van der Waals surface area contributed by atoms with Gasteiger partial charge in [0.2, 0.25) is 5.91 Å². The molecule has 1 saturated heterocycles. The van der Waals surface area contributed by atoms with E-state index in [9.17, 15) is 22.8 Å². The van der Waals surface area contributed by atoms with E-state index in [2.05, 4.69) is 10.0 Å². The number of likely N-dealkylation sites (tertiary alicyclic amines) is 1. The molecule has 0 saturated carbocycles. The average Bonchev–Trinajstić information content (AvgIpc) is 2.90. The molecule has 2 N–H and O–H groups in total. The molecule has 0 unspecified atom stereocenters. The fourth-order valence-corrected chi connectivity index (χ4v) is 6.29. The Kier molecular flexibility index (Phi) is 6.70. The number of nitrogens with zero attached hydrogens (tertiary/aromatic N) is 2. The van der Waals surface area contributed by atoms with E-state index >= 15 is 0 Å². The predicted octanol–water partition coefficient (Wildman–Crippen LogP) is 2.88. The van der Waals surface area contributed by atoms with Crippen molar-refractivity contribution in [1.82, 2.24) is 9.47 Å². The summed E-state index contributed by atoms with van der Waals surface area (Å²) in [6, 6.07) is 15.9. The van der Waals surface area contributed by atoms with Gasteiger partial charge in [-0.25, -0.2) is 8.42 Å². The zero-order chi connectivity index (χ0) is 27.0. The summed E-state index contributed by atoms with van der Waals surface area (Å²) < 4.78 is 35.1. The van der Waals surface area contributed by atoms with Crippen LogP contribution < -0.4 is 20.3 Å². The second-order valence-electron chi connectivity index (χ2n) is 9.64. The number of piperidine rings is 1. The van der Waals surface area contributed by atoms with Crippen LogP contribution in [-0.2, 0) is 21.4 Å². The molecule has 2 amide bonds. The molecule has 0 spiro atoms. The summed E-state index contributed by atoms with van der Waals surface area (Å²) in [5, 5.41) is 2.58. The lowest BCUT2D eigenvalue weighted by Gasteiger charge is -2.43. The van der Waals surface area contributed by atoms with Crippen molar-refractivity contribution in [2.45, 2.75) is 30.7 Å². The number of nitrogens with one attached hydrogen (secondary N) is 2. The molecule has 0 aliphatic carbocycles. The molecule has 38 heavy (non-hydrogen) atoms. The number of fused-ring (bicyclic) bond motifs is 4. The summed E-state index contributed by atoms with van der Waals surface area (Å²) in [6.07, 6.45) is 0.859. The van der Waals surface area contributed by atoms with Gasteiger partial charge in [0, 0.05) is 49.4 Å². The Balaban J connectivity index is 1.34. The summed E-state index contributed by atoms with van der Waals surface area (Å²) in [5.41, 5.74) is 1.40. The predicted molar refractivity (Wildman–Crippen MR) is 142 cm³/mol. The summed E-state index contributed by atoms with van der Waals surface area (Å²) in [6.45, 7) is 2.76. The maximum Gasteiger partial charge on any atom is 0.275 e. The van der Waals surface area contributed by atoms with Crippen LogP contribution in [0.5, 0.6) is 5.75 Å². The van der Waals surface area contributed by atoms with Crippen LogP contribution in [0.15, 0.2) is 70.4 Å². The van der Waals surface area contributed by atoms with Gasteiger partial charge in [0.05, 0.1) is 12.0 Å². The number of carbonyl (C=O) groups is 2. The number of hydrogen-bond acceptors (Lipinski definition) is 6. The van der Waals surface area contributed by atoms with Crippen molar-refractivity contribution in [2.24, 2.45) is 5.92 Å². The van der Waals surface area contributed by atoms with Gasteiger partial charge in [0.25, 0.3) is 21.5 Å². The molecular weight excluding hydrogens is 508 g/mol. The normalized spacial score (nSPS) is 18.3. The highest BCUT2D eigenvalue weighted by molar-refractivity contribution is 7.92. The molecule has 2 atom stereocenters. The van der Waals surface area contributed by atoms with Gasteiger partial charge in [-0.3, -0.25) is 19.1 Å². The first-order valence-electron chi connectivity index (χ1n) is 12.2. The van der Waals surface area contributed by atoms with Crippen molar-refractivity contribution in [3.8, 4) is 5.75 Å². The molecule has 2 bridgehead atoms. The molecule has 2 aromatic carbocycles. The first kappa shape index (κ1) is 25.5. The highest BCUT2D eigenvalue weighted by atomic mass is 32.2. The fraction of sp³-hybridized carbons (Fsp3) is 0.296. The zero-order valence-electron chi connectivity index (χ0n) is 21.0. The number of sulfonamides is 1. The minimum atomic E-state index is -4.02. The third-order valence-electron chi connectivity index (χ3n) is 6.96. The molecule has 11 heteroatoms. The number of amides is 2. The van der Waals surface area contributed by atoms with Crippen LogP contribution in [0.25, 0.3) is 0 Å². The zero-order valence-corrected chi connectivity index (χ0v) is 21.8. The molecule has 2 aliphatic heterocycles. The summed E-state index contributed by atoms with van der Waals surface area (Å²) >= 11 is 0. The highest BCUT2D eigenvalue weighted by Gasteiger charge is 2.37. The van der Waals surface area contributed by atoms with Crippen molar-refractivity contribution in [1.29, 1.82) is 0 Å². The molecule has 3 heterocycles. The first-order valence-corrected chi connectivity index (χ1v) is 13.7. The second kappa shape index (κ2) is 9.97. The first-order chi connectivity index (χ1) is 18.1. The molecule has 1 aromatic heterocycles. The Morgan fingerprint density at radius 3 is 2.32 bits per heavy atom. The number of methoxy groups -OCH3 is 1. The van der Waals surface area contributed by atoms with Crippen molar-refractivity contribution in [2.75, 3.05) is 30.2 Å². The summed E-state index contributed by atoms with van der Waals surface area (Å²) in [7, 11) is -2.45. The molecule has 3 aromatic rings. The van der Waals surface area contributed by atoms with Gasteiger partial charge in [0.1, 0.15) is 11.4 Å². The van der Waals surface area contributed by atoms with Crippen LogP contribution in [0.3, 0.4) is 0 Å². The molecule has 0 radical (unpaired) electrons. The van der Waals surface area contributed by atoms with Gasteiger partial charge < -0.3 is 19.5 Å². The number of hydrogen-bond donors (Lipinski definition) is 2. The highest BCUT2D eigenvalue weighted by Crippen LogP contribution is 2.36. The van der Waals surface area contributed by atoms with Crippen molar-refractivity contribution >= 4 is 33.2 Å². The van der Waals surface area contributed by atoms with Crippen LogP contribution in [0.2, 0.25) is 0 Å².